The molecule has 0 saturated heterocycles. The van der Waals surface area contributed by atoms with Crippen LogP contribution in [0.1, 0.15) is 22.4 Å². The summed E-state index contributed by atoms with van der Waals surface area (Å²) in [5.41, 5.74) is 1.37. The van der Waals surface area contributed by atoms with Crippen LogP contribution in [-0.2, 0) is 32.0 Å². The molecule has 1 amide bonds. The van der Waals surface area contributed by atoms with Gasteiger partial charge < -0.3 is 9.88 Å². The Morgan fingerprint density at radius 3 is 2.43 bits per heavy atom. The second kappa shape index (κ2) is 8.88. The minimum absolute atomic E-state index is 0.00399. The van der Waals surface area contributed by atoms with Gasteiger partial charge in [0.2, 0.25) is 11.2 Å². The van der Waals surface area contributed by atoms with Crippen molar-refractivity contribution >= 4 is 34.5 Å². The molecule has 0 spiro atoms. The standard InChI is InChI=1S/C23H21ClFN7O3/c1-12-13(2)31(10-14-5-7-15(25)8-6-14)19(16(12)9-26)27-17(33)11-32-18-20(28-22(32)24)29(3)23(35)30(4)21(18)34/h5-8H,10-11H2,1-4H3,(H,27,33). The highest BCUT2D eigenvalue weighted by atomic mass is 35.5. The van der Waals surface area contributed by atoms with E-state index in [9.17, 15) is 24.0 Å². The molecule has 0 atom stereocenters. The molecule has 1 aromatic carbocycles. The number of nitrogens with zero attached hydrogens (tertiary/aromatic N) is 6. The highest BCUT2D eigenvalue weighted by Crippen LogP contribution is 2.28. The normalized spacial score (nSPS) is 11.1. The van der Waals surface area contributed by atoms with Gasteiger partial charge in [-0.3, -0.25) is 23.3 Å². The predicted molar refractivity (Wildman–Crippen MR) is 128 cm³/mol. The molecule has 1 N–H and O–H groups in total. The van der Waals surface area contributed by atoms with Crippen molar-refractivity contribution in [2.75, 3.05) is 5.32 Å². The van der Waals surface area contributed by atoms with Gasteiger partial charge in [-0.2, -0.15) is 10.2 Å². The molecule has 0 aliphatic rings. The summed E-state index contributed by atoms with van der Waals surface area (Å²) >= 11 is 6.22. The summed E-state index contributed by atoms with van der Waals surface area (Å²) in [7, 11) is 2.77. The third-order valence-electron chi connectivity index (χ3n) is 6.06. The van der Waals surface area contributed by atoms with E-state index in [1.54, 1.807) is 23.6 Å². The van der Waals surface area contributed by atoms with Gasteiger partial charge in [0.25, 0.3) is 5.56 Å². The maximum Gasteiger partial charge on any atom is 0.332 e. The number of carbonyl (C=O) groups is 1. The Hall–Kier alpha value is -4.17. The maximum absolute atomic E-state index is 13.3. The lowest BCUT2D eigenvalue weighted by Gasteiger charge is -2.14. The Balaban J connectivity index is 1.73. The Kier molecular flexibility index (Phi) is 6.08. The summed E-state index contributed by atoms with van der Waals surface area (Å²) in [6.07, 6.45) is 0. The van der Waals surface area contributed by atoms with Gasteiger partial charge in [-0.1, -0.05) is 12.1 Å². The molecule has 4 aromatic rings. The fourth-order valence-electron chi connectivity index (χ4n) is 3.98. The zero-order chi connectivity index (χ0) is 25.6. The number of benzene rings is 1. The average Bonchev–Trinajstić information content (AvgIpc) is 3.26. The van der Waals surface area contributed by atoms with Gasteiger partial charge in [-0.05, 0) is 48.7 Å². The Bertz CT molecular complexity index is 1650. The van der Waals surface area contributed by atoms with Gasteiger partial charge in [0.1, 0.15) is 24.2 Å². The molecule has 0 radical (unpaired) electrons. The third kappa shape index (κ3) is 4.02. The van der Waals surface area contributed by atoms with Crippen molar-refractivity contribution in [2.45, 2.75) is 26.9 Å². The summed E-state index contributed by atoms with van der Waals surface area (Å²) in [5, 5.41) is 12.4. The first kappa shape index (κ1) is 24.0. The van der Waals surface area contributed by atoms with Crippen LogP contribution in [0.25, 0.3) is 11.2 Å². The second-order valence-electron chi connectivity index (χ2n) is 8.15. The van der Waals surface area contributed by atoms with E-state index in [1.165, 1.54) is 35.4 Å². The van der Waals surface area contributed by atoms with Crippen molar-refractivity contribution in [1.29, 1.82) is 5.26 Å². The number of nitriles is 1. The molecule has 0 bridgehead atoms. The molecule has 0 aliphatic heterocycles. The number of fused-ring (bicyclic) bond motifs is 1. The summed E-state index contributed by atoms with van der Waals surface area (Å²) in [4.78, 5) is 42.1. The fourth-order valence-corrected chi connectivity index (χ4v) is 4.20. The van der Waals surface area contributed by atoms with Crippen LogP contribution in [0.2, 0.25) is 5.28 Å². The van der Waals surface area contributed by atoms with Crippen LogP contribution in [0.3, 0.4) is 0 Å². The lowest BCUT2D eigenvalue weighted by atomic mass is 10.2. The maximum atomic E-state index is 13.3. The van der Waals surface area contributed by atoms with Crippen LogP contribution in [0.5, 0.6) is 0 Å². The van der Waals surface area contributed by atoms with E-state index >= 15 is 0 Å². The third-order valence-corrected chi connectivity index (χ3v) is 6.34. The lowest BCUT2D eigenvalue weighted by Crippen LogP contribution is -2.38. The monoisotopic (exact) mass is 497 g/mol. The number of aromatic nitrogens is 5. The molecule has 10 nitrogen and oxygen atoms in total. The van der Waals surface area contributed by atoms with Gasteiger partial charge in [-0.15, -0.1) is 0 Å². The van der Waals surface area contributed by atoms with Crippen LogP contribution in [0.15, 0.2) is 33.9 Å². The summed E-state index contributed by atoms with van der Waals surface area (Å²) in [6, 6.07) is 8.05. The van der Waals surface area contributed by atoms with Crippen molar-refractivity contribution in [3.05, 3.63) is 78.6 Å². The van der Waals surface area contributed by atoms with E-state index in [1.807, 2.05) is 6.92 Å². The van der Waals surface area contributed by atoms with Crippen LogP contribution in [0.4, 0.5) is 10.2 Å². The van der Waals surface area contributed by atoms with Crippen LogP contribution in [0, 0.1) is 31.0 Å². The minimum Gasteiger partial charge on any atom is -0.326 e. The quantitative estimate of drug-likeness (QED) is 0.424. The number of amides is 1. The highest BCUT2D eigenvalue weighted by Gasteiger charge is 2.23. The van der Waals surface area contributed by atoms with E-state index < -0.39 is 17.2 Å². The van der Waals surface area contributed by atoms with E-state index in [2.05, 4.69) is 16.4 Å². The summed E-state index contributed by atoms with van der Waals surface area (Å²) < 4.78 is 18.4. The topological polar surface area (TPSA) is 120 Å². The predicted octanol–water partition coefficient (Wildman–Crippen LogP) is 2.20. The van der Waals surface area contributed by atoms with Crippen LogP contribution >= 0.6 is 11.6 Å². The average molecular weight is 498 g/mol. The number of hydrogen-bond donors (Lipinski definition) is 1. The molecular formula is C23H21ClFN7O3. The molecule has 180 valence electrons. The zero-order valence-electron chi connectivity index (χ0n) is 19.4. The largest absolute Gasteiger partial charge is 0.332 e. The van der Waals surface area contributed by atoms with Gasteiger partial charge in [0, 0.05) is 26.3 Å². The Morgan fingerprint density at radius 2 is 1.80 bits per heavy atom. The van der Waals surface area contributed by atoms with Gasteiger partial charge in [0.15, 0.2) is 11.2 Å². The van der Waals surface area contributed by atoms with Crippen LogP contribution in [-0.4, -0.2) is 29.2 Å². The van der Waals surface area contributed by atoms with E-state index in [4.69, 9.17) is 11.6 Å². The molecule has 0 fully saturated rings. The summed E-state index contributed by atoms with van der Waals surface area (Å²) in [5.74, 6) is -0.650. The minimum atomic E-state index is -0.639. The van der Waals surface area contributed by atoms with Crippen molar-refractivity contribution in [3.8, 4) is 6.07 Å². The molecule has 35 heavy (non-hydrogen) atoms. The first-order valence-electron chi connectivity index (χ1n) is 10.5. The molecule has 0 aliphatic carbocycles. The highest BCUT2D eigenvalue weighted by molar-refractivity contribution is 6.29. The van der Waals surface area contributed by atoms with Gasteiger partial charge >= 0.3 is 5.69 Å². The number of imidazole rings is 1. The first-order valence-corrected chi connectivity index (χ1v) is 10.9. The molecular weight excluding hydrogens is 477 g/mol. The number of anilines is 1. The number of hydrogen-bond acceptors (Lipinski definition) is 5. The fraction of sp³-hybridized carbons (Fsp3) is 0.261. The first-order chi connectivity index (χ1) is 16.5. The van der Waals surface area contributed by atoms with E-state index in [-0.39, 0.29) is 40.2 Å². The second-order valence-corrected chi connectivity index (χ2v) is 8.49. The molecule has 4 rings (SSSR count). The van der Waals surface area contributed by atoms with Crippen LogP contribution < -0.4 is 16.6 Å². The van der Waals surface area contributed by atoms with Gasteiger partial charge in [0.05, 0.1) is 5.56 Å². The molecule has 3 aromatic heterocycles. The van der Waals surface area contributed by atoms with Crippen molar-refractivity contribution in [1.82, 2.24) is 23.3 Å². The molecule has 12 heteroatoms. The molecule has 0 unspecified atom stereocenters. The van der Waals surface area contributed by atoms with Gasteiger partial charge in [-0.25, -0.2) is 9.18 Å². The SMILES string of the molecule is Cc1c(C#N)c(NC(=O)Cn2c(Cl)nc3c2c(=O)n(C)c(=O)n3C)n(Cc2ccc(F)cc2)c1C. The number of carbonyl (C=O) groups excluding carboxylic acids is 1. The lowest BCUT2D eigenvalue weighted by molar-refractivity contribution is -0.116. The number of rotatable bonds is 5. The molecule has 0 saturated carbocycles. The smallest absolute Gasteiger partial charge is 0.326 e. The van der Waals surface area contributed by atoms with Crippen molar-refractivity contribution in [2.24, 2.45) is 14.1 Å². The van der Waals surface area contributed by atoms with Crippen molar-refractivity contribution < 1.29 is 9.18 Å². The number of halogens is 2. The van der Waals surface area contributed by atoms with Crippen molar-refractivity contribution in [3.63, 3.8) is 0 Å². The Labute approximate surface area is 203 Å². The number of aryl methyl sites for hydroxylation is 1. The summed E-state index contributed by atoms with van der Waals surface area (Å²) in [6.45, 7) is 3.50. The Morgan fingerprint density at radius 1 is 1.14 bits per heavy atom. The van der Waals surface area contributed by atoms with E-state index in [0.29, 0.717) is 12.1 Å². The zero-order valence-corrected chi connectivity index (χ0v) is 20.1. The van der Waals surface area contributed by atoms with E-state index in [0.717, 1.165) is 15.8 Å². The number of nitrogens with one attached hydrogen (secondary N) is 1. The molecule has 3 heterocycles.